The monoisotopic (exact) mass is 522 g/mol. The van der Waals surface area contributed by atoms with E-state index >= 15 is 0 Å². The Morgan fingerprint density at radius 3 is 1.05 bits per heavy atom. The molecule has 0 aliphatic heterocycles. The van der Waals surface area contributed by atoms with Crippen molar-refractivity contribution in [3.8, 4) is 22.3 Å². The molecule has 6 aromatic carbocycles. The first-order valence-corrected chi connectivity index (χ1v) is 13.8. The summed E-state index contributed by atoms with van der Waals surface area (Å²) in [4.78, 5) is 9.87. The topological polar surface area (TPSA) is 38.9 Å². The predicted molar refractivity (Wildman–Crippen MR) is 170 cm³/mol. The lowest BCUT2D eigenvalue weighted by Gasteiger charge is -2.12. The predicted octanol–water partition coefficient (Wildman–Crippen LogP) is 10.3. The van der Waals surface area contributed by atoms with E-state index in [9.17, 15) is 0 Å². The minimum atomic E-state index is 0.882. The molecule has 0 unspecified atom stereocenters. The van der Waals surface area contributed by atoms with Crippen LogP contribution in [0.3, 0.4) is 0 Å². The lowest BCUT2D eigenvalue weighted by atomic mass is 9.93. The molecule has 3 heteroatoms. The van der Waals surface area contributed by atoms with E-state index in [1.807, 2.05) is 0 Å². The molecule has 3 aromatic heterocycles. The van der Waals surface area contributed by atoms with E-state index in [0.717, 1.165) is 76.7 Å². The largest absolute Gasteiger partial charge is 0.456 e. The number of pyridine rings is 2. The Labute approximate surface area is 235 Å². The highest BCUT2D eigenvalue weighted by molar-refractivity contribution is 6.15. The summed E-state index contributed by atoms with van der Waals surface area (Å²) in [6, 6.07) is 46.7. The maximum Gasteiger partial charge on any atom is 0.135 e. The molecule has 9 rings (SSSR count). The molecule has 9 aromatic rings. The third kappa shape index (κ3) is 3.33. The second-order valence-corrected chi connectivity index (χ2v) is 10.6. The van der Waals surface area contributed by atoms with Crippen LogP contribution in [0, 0.1) is 0 Å². The van der Waals surface area contributed by atoms with Gasteiger partial charge in [0.25, 0.3) is 0 Å². The third-order valence-corrected chi connectivity index (χ3v) is 8.22. The number of nitrogens with zero attached hydrogens (tertiary/aromatic N) is 2. The molecule has 3 nitrogen and oxygen atoms in total. The molecule has 0 aliphatic rings. The summed E-state index contributed by atoms with van der Waals surface area (Å²) in [5.41, 5.74) is 10.5. The van der Waals surface area contributed by atoms with Crippen molar-refractivity contribution >= 4 is 65.6 Å². The van der Waals surface area contributed by atoms with Crippen molar-refractivity contribution in [1.82, 2.24) is 9.97 Å². The van der Waals surface area contributed by atoms with Crippen LogP contribution in [0.5, 0.6) is 0 Å². The SMILES string of the molecule is c1ccc2c(-c3ccc4oc5ccc(-c6c7ccccc7nc7ccccc67)cc5c4c3)c3ccccc3nc2c1. The molecule has 3 heterocycles. The number of fused-ring (bicyclic) bond motifs is 7. The average Bonchev–Trinajstić information content (AvgIpc) is 3.39. The molecular formula is C38H22N2O. The fourth-order valence-electron chi connectivity index (χ4n) is 6.39. The van der Waals surface area contributed by atoms with E-state index in [1.54, 1.807) is 0 Å². The van der Waals surface area contributed by atoms with Crippen molar-refractivity contribution in [1.29, 1.82) is 0 Å². The Morgan fingerprint density at radius 1 is 0.341 bits per heavy atom. The van der Waals surface area contributed by atoms with E-state index in [2.05, 4.69) is 133 Å². The molecule has 190 valence electrons. The van der Waals surface area contributed by atoms with Gasteiger partial charge in [-0.05, 0) is 59.7 Å². The second kappa shape index (κ2) is 8.48. The van der Waals surface area contributed by atoms with Crippen LogP contribution in [-0.4, -0.2) is 9.97 Å². The normalized spacial score (nSPS) is 11.9. The van der Waals surface area contributed by atoms with Crippen LogP contribution >= 0.6 is 0 Å². The summed E-state index contributed by atoms with van der Waals surface area (Å²) in [6.45, 7) is 0. The van der Waals surface area contributed by atoms with Gasteiger partial charge in [0.15, 0.2) is 0 Å². The lowest BCUT2D eigenvalue weighted by molar-refractivity contribution is 0.669. The van der Waals surface area contributed by atoms with Crippen molar-refractivity contribution < 1.29 is 4.42 Å². The Morgan fingerprint density at radius 2 is 0.683 bits per heavy atom. The number of aromatic nitrogens is 2. The number of hydrogen-bond acceptors (Lipinski definition) is 3. The van der Waals surface area contributed by atoms with Crippen LogP contribution in [0.4, 0.5) is 0 Å². The summed E-state index contributed by atoms with van der Waals surface area (Å²) in [5, 5.41) is 6.80. The van der Waals surface area contributed by atoms with Crippen molar-refractivity contribution in [2.75, 3.05) is 0 Å². The third-order valence-electron chi connectivity index (χ3n) is 8.22. The van der Waals surface area contributed by atoms with Gasteiger partial charge in [-0.25, -0.2) is 9.97 Å². The Kier molecular flexibility index (Phi) is 4.61. The smallest absolute Gasteiger partial charge is 0.135 e. The molecule has 41 heavy (non-hydrogen) atoms. The van der Waals surface area contributed by atoms with Gasteiger partial charge in [0.2, 0.25) is 0 Å². The fraction of sp³-hybridized carbons (Fsp3) is 0. The molecule has 0 radical (unpaired) electrons. The van der Waals surface area contributed by atoms with Crippen molar-refractivity contribution in [2.45, 2.75) is 0 Å². The highest BCUT2D eigenvalue weighted by Gasteiger charge is 2.16. The molecule has 0 saturated heterocycles. The molecule has 0 fully saturated rings. The van der Waals surface area contributed by atoms with Gasteiger partial charge in [-0.2, -0.15) is 0 Å². The quantitative estimate of drug-likeness (QED) is 0.212. The van der Waals surface area contributed by atoms with Crippen molar-refractivity contribution in [2.24, 2.45) is 0 Å². The lowest BCUT2D eigenvalue weighted by Crippen LogP contribution is -1.89. The van der Waals surface area contributed by atoms with E-state index < -0.39 is 0 Å². The zero-order valence-electron chi connectivity index (χ0n) is 22.0. The van der Waals surface area contributed by atoms with Crippen molar-refractivity contribution in [3.63, 3.8) is 0 Å². The highest BCUT2D eigenvalue weighted by atomic mass is 16.3. The van der Waals surface area contributed by atoms with Gasteiger partial charge in [0, 0.05) is 43.4 Å². The number of para-hydroxylation sites is 4. The minimum Gasteiger partial charge on any atom is -0.456 e. The molecule has 0 saturated carbocycles. The average molecular weight is 523 g/mol. The molecule has 0 amide bonds. The Balaban J connectivity index is 1.34. The zero-order chi connectivity index (χ0) is 26.9. The summed E-state index contributed by atoms with van der Waals surface area (Å²) in [6.07, 6.45) is 0. The first-order chi connectivity index (χ1) is 20.3. The molecular weight excluding hydrogens is 500 g/mol. The fourth-order valence-corrected chi connectivity index (χ4v) is 6.39. The van der Waals surface area contributed by atoms with Crippen LogP contribution in [0.1, 0.15) is 0 Å². The van der Waals surface area contributed by atoms with Gasteiger partial charge in [0.05, 0.1) is 22.1 Å². The molecule has 0 spiro atoms. The van der Waals surface area contributed by atoms with Gasteiger partial charge in [-0.15, -0.1) is 0 Å². The summed E-state index contributed by atoms with van der Waals surface area (Å²) >= 11 is 0. The second-order valence-electron chi connectivity index (χ2n) is 10.6. The summed E-state index contributed by atoms with van der Waals surface area (Å²) in [7, 11) is 0. The van der Waals surface area contributed by atoms with Gasteiger partial charge in [-0.1, -0.05) is 84.9 Å². The zero-order valence-corrected chi connectivity index (χ0v) is 22.0. The Bertz CT molecular complexity index is 2210. The van der Waals surface area contributed by atoms with Crippen LogP contribution in [0.15, 0.2) is 138 Å². The standard InChI is InChI=1S/C38H22N2O/c1-5-13-31-25(9-1)37(26-10-2-6-14-32(26)39-31)23-17-19-35-29(21-23)30-22-24(18-20-36(30)41-35)38-27-11-3-7-15-33(27)40-34-16-8-4-12-28(34)38/h1-22H. The first-order valence-electron chi connectivity index (χ1n) is 13.8. The number of rotatable bonds is 2. The maximum atomic E-state index is 6.36. The van der Waals surface area contributed by atoms with E-state index in [-0.39, 0.29) is 0 Å². The molecule has 0 atom stereocenters. The minimum absolute atomic E-state index is 0.882. The van der Waals surface area contributed by atoms with Crippen LogP contribution in [-0.2, 0) is 0 Å². The maximum absolute atomic E-state index is 6.36. The van der Waals surface area contributed by atoms with Crippen LogP contribution in [0.25, 0.3) is 87.8 Å². The summed E-state index contributed by atoms with van der Waals surface area (Å²) in [5.74, 6) is 0. The Hall–Kier alpha value is -5.54. The number of benzene rings is 6. The first kappa shape index (κ1) is 22.3. The molecule has 0 N–H and O–H groups in total. The number of hydrogen-bond donors (Lipinski definition) is 0. The van der Waals surface area contributed by atoms with E-state index in [1.165, 1.54) is 11.1 Å². The molecule has 0 aliphatic carbocycles. The number of furan rings is 1. The van der Waals surface area contributed by atoms with Gasteiger partial charge in [-0.3, -0.25) is 0 Å². The highest BCUT2D eigenvalue weighted by Crippen LogP contribution is 2.41. The van der Waals surface area contributed by atoms with E-state index in [0.29, 0.717) is 0 Å². The molecule has 0 bridgehead atoms. The van der Waals surface area contributed by atoms with Gasteiger partial charge in [0.1, 0.15) is 11.2 Å². The van der Waals surface area contributed by atoms with Gasteiger partial charge < -0.3 is 4.42 Å². The van der Waals surface area contributed by atoms with E-state index in [4.69, 9.17) is 14.4 Å². The van der Waals surface area contributed by atoms with Crippen LogP contribution < -0.4 is 0 Å². The summed E-state index contributed by atoms with van der Waals surface area (Å²) < 4.78 is 6.36. The van der Waals surface area contributed by atoms with Gasteiger partial charge >= 0.3 is 0 Å². The van der Waals surface area contributed by atoms with Crippen LogP contribution in [0.2, 0.25) is 0 Å². The van der Waals surface area contributed by atoms with Crippen molar-refractivity contribution in [3.05, 3.63) is 133 Å².